The quantitative estimate of drug-likeness (QED) is 0.308. The van der Waals surface area contributed by atoms with E-state index < -0.39 is 0 Å². The third-order valence-electron chi connectivity index (χ3n) is 6.75. The smallest absolute Gasteiger partial charge is 0.255 e. The van der Waals surface area contributed by atoms with Crippen molar-refractivity contribution in [3.05, 3.63) is 99.6 Å². The van der Waals surface area contributed by atoms with Crippen molar-refractivity contribution in [2.75, 3.05) is 25.0 Å². The van der Waals surface area contributed by atoms with Crippen molar-refractivity contribution in [2.24, 2.45) is 0 Å². The standard InChI is InChI=1S/C30H34ClN3O2/c1-21-5-14-28(22-15-18-32-19-16-22)25(20-21)4-2-3-17-33-29(35)23-8-12-27(13-9-23)34-30(36)24-6-10-26(31)11-7-24/h5-14,20,22,32H,2-4,15-19H2,1H3,(H,33,35)(H,34,36). The molecule has 0 aliphatic carbocycles. The van der Waals surface area contributed by atoms with Crippen LogP contribution in [-0.4, -0.2) is 31.4 Å². The van der Waals surface area contributed by atoms with E-state index in [1.807, 2.05) is 0 Å². The number of hydrogen-bond acceptors (Lipinski definition) is 3. The maximum atomic E-state index is 12.6. The van der Waals surface area contributed by atoms with E-state index >= 15 is 0 Å². The number of hydrogen-bond donors (Lipinski definition) is 3. The van der Waals surface area contributed by atoms with Gasteiger partial charge < -0.3 is 16.0 Å². The number of piperidine rings is 1. The fourth-order valence-electron chi connectivity index (χ4n) is 4.74. The summed E-state index contributed by atoms with van der Waals surface area (Å²) in [5, 5.41) is 9.89. The molecule has 3 aromatic carbocycles. The van der Waals surface area contributed by atoms with Crippen molar-refractivity contribution in [3.63, 3.8) is 0 Å². The van der Waals surface area contributed by atoms with E-state index in [0.717, 1.165) is 32.4 Å². The monoisotopic (exact) mass is 503 g/mol. The first-order valence-electron chi connectivity index (χ1n) is 12.7. The third-order valence-corrected chi connectivity index (χ3v) is 7.00. The number of carbonyl (C=O) groups excluding carboxylic acids is 2. The molecule has 0 unspecified atom stereocenters. The molecule has 2 amide bonds. The van der Waals surface area contributed by atoms with Gasteiger partial charge in [-0.25, -0.2) is 0 Å². The van der Waals surface area contributed by atoms with Gasteiger partial charge in [0.2, 0.25) is 0 Å². The molecular formula is C30H34ClN3O2. The Kier molecular flexibility index (Phi) is 9.15. The Morgan fingerprint density at radius 1 is 0.889 bits per heavy atom. The molecule has 1 saturated heterocycles. The molecule has 0 spiro atoms. The van der Waals surface area contributed by atoms with Gasteiger partial charge in [0.05, 0.1) is 0 Å². The Labute approximate surface area is 218 Å². The van der Waals surface area contributed by atoms with E-state index in [-0.39, 0.29) is 11.8 Å². The summed E-state index contributed by atoms with van der Waals surface area (Å²) >= 11 is 5.87. The maximum Gasteiger partial charge on any atom is 0.255 e. The van der Waals surface area contributed by atoms with Gasteiger partial charge in [-0.15, -0.1) is 0 Å². The molecule has 0 aromatic heterocycles. The van der Waals surface area contributed by atoms with Gasteiger partial charge in [0, 0.05) is 28.4 Å². The minimum Gasteiger partial charge on any atom is -0.352 e. The summed E-state index contributed by atoms with van der Waals surface area (Å²) in [6.45, 7) is 4.99. The van der Waals surface area contributed by atoms with Crippen molar-refractivity contribution in [1.29, 1.82) is 0 Å². The number of aryl methyl sites for hydroxylation is 2. The first kappa shape index (κ1) is 25.9. The number of halogens is 1. The van der Waals surface area contributed by atoms with Gasteiger partial charge in [0.25, 0.3) is 11.8 Å². The van der Waals surface area contributed by atoms with Crippen LogP contribution in [0.1, 0.15) is 69.0 Å². The number of benzene rings is 3. The Hall–Kier alpha value is -3.15. The molecular weight excluding hydrogens is 470 g/mol. The molecule has 36 heavy (non-hydrogen) atoms. The molecule has 0 saturated carbocycles. The number of nitrogens with one attached hydrogen (secondary N) is 3. The zero-order valence-corrected chi connectivity index (χ0v) is 21.5. The van der Waals surface area contributed by atoms with Gasteiger partial charge in [-0.1, -0.05) is 35.4 Å². The summed E-state index contributed by atoms with van der Waals surface area (Å²) in [7, 11) is 0. The molecule has 4 rings (SSSR count). The summed E-state index contributed by atoms with van der Waals surface area (Å²) < 4.78 is 0. The highest BCUT2D eigenvalue weighted by molar-refractivity contribution is 6.30. The molecule has 0 radical (unpaired) electrons. The van der Waals surface area contributed by atoms with E-state index in [4.69, 9.17) is 11.6 Å². The second-order valence-electron chi connectivity index (χ2n) is 9.48. The second kappa shape index (κ2) is 12.7. The molecule has 1 fully saturated rings. The van der Waals surface area contributed by atoms with Crippen LogP contribution < -0.4 is 16.0 Å². The lowest BCUT2D eigenvalue weighted by atomic mass is 9.85. The van der Waals surface area contributed by atoms with Crippen molar-refractivity contribution < 1.29 is 9.59 Å². The molecule has 3 aromatic rings. The number of anilines is 1. The molecule has 1 heterocycles. The second-order valence-corrected chi connectivity index (χ2v) is 9.91. The van der Waals surface area contributed by atoms with Crippen molar-refractivity contribution in [3.8, 4) is 0 Å². The minimum absolute atomic E-state index is 0.100. The SMILES string of the molecule is Cc1ccc(C2CCNCC2)c(CCCCNC(=O)c2ccc(NC(=O)c3ccc(Cl)cc3)cc2)c1. The summed E-state index contributed by atoms with van der Waals surface area (Å²) in [6, 6.07) is 20.5. The van der Waals surface area contributed by atoms with Gasteiger partial charge in [-0.2, -0.15) is 0 Å². The molecule has 1 aliphatic heterocycles. The van der Waals surface area contributed by atoms with Crippen molar-refractivity contribution in [1.82, 2.24) is 10.6 Å². The van der Waals surface area contributed by atoms with Gasteiger partial charge in [0.1, 0.15) is 0 Å². The van der Waals surface area contributed by atoms with E-state index in [0.29, 0.717) is 34.3 Å². The molecule has 188 valence electrons. The zero-order valence-electron chi connectivity index (χ0n) is 20.8. The lowest BCUT2D eigenvalue weighted by molar-refractivity contribution is 0.0952. The van der Waals surface area contributed by atoms with Crippen LogP contribution in [0, 0.1) is 6.92 Å². The number of amides is 2. The molecule has 0 atom stereocenters. The normalized spacial score (nSPS) is 13.8. The van der Waals surface area contributed by atoms with Gasteiger partial charge in [0.15, 0.2) is 0 Å². The van der Waals surface area contributed by atoms with Crippen LogP contribution in [0.2, 0.25) is 5.02 Å². The topological polar surface area (TPSA) is 70.2 Å². The highest BCUT2D eigenvalue weighted by atomic mass is 35.5. The van der Waals surface area contributed by atoms with Crippen LogP contribution in [0.5, 0.6) is 0 Å². The Balaban J connectivity index is 1.22. The summed E-state index contributed by atoms with van der Waals surface area (Å²) in [6.07, 6.45) is 5.42. The fourth-order valence-corrected chi connectivity index (χ4v) is 4.86. The molecule has 3 N–H and O–H groups in total. The van der Waals surface area contributed by atoms with Crippen LogP contribution >= 0.6 is 11.6 Å². The first-order valence-corrected chi connectivity index (χ1v) is 13.1. The predicted octanol–water partition coefficient (Wildman–Crippen LogP) is 6.12. The predicted molar refractivity (Wildman–Crippen MR) is 147 cm³/mol. The first-order chi connectivity index (χ1) is 17.5. The maximum absolute atomic E-state index is 12.6. The van der Waals surface area contributed by atoms with Crippen LogP contribution in [0.4, 0.5) is 5.69 Å². The average Bonchev–Trinajstić information content (AvgIpc) is 2.90. The van der Waals surface area contributed by atoms with Gasteiger partial charge in [-0.05, 0) is 118 Å². The fraction of sp³-hybridized carbons (Fsp3) is 0.333. The number of carbonyl (C=O) groups is 2. The zero-order chi connectivity index (χ0) is 25.3. The van der Waals surface area contributed by atoms with Gasteiger partial charge in [-0.3, -0.25) is 9.59 Å². The molecule has 5 nitrogen and oxygen atoms in total. The van der Waals surface area contributed by atoms with E-state index in [2.05, 4.69) is 41.1 Å². The molecule has 0 bridgehead atoms. The number of unbranched alkanes of at least 4 members (excludes halogenated alkanes) is 1. The summed E-state index contributed by atoms with van der Waals surface area (Å²) in [5.74, 6) is 0.331. The van der Waals surface area contributed by atoms with Crippen molar-refractivity contribution >= 4 is 29.1 Å². The van der Waals surface area contributed by atoms with Crippen LogP contribution in [0.15, 0.2) is 66.7 Å². The van der Waals surface area contributed by atoms with Crippen molar-refractivity contribution in [2.45, 2.75) is 44.9 Å². The Morgan fingerprint density at radius 2 is 1.56 bits per heavy atom. The largest absolute Gasteiger partial charge is 0.352 e. The van der Waals surface area contributed by atoms with Crippen LogP contribution in [0.25, 0.3) is 0 Å². The number of rotatable bonds is 9. The van der Waals surface area contributed by atoms with E-state index in [1.165, 1.54) is 29.5 Å². The van der Waals surface area contributed by atoms with Crippen LogP contribution in [-0.2, 0) is 6.42 Å². The average molecular weight is 504 g/mol. The lowest BCUT2D eigenvalue weighted by Gasteiger charge is -2.25. The lowest BCUT2D eigenvalue weighted by Crippen LogP contribution is -2.27. The third kappa shape index (κ3) is 7.19. The highest BCUT2D eigenvalue weighted by Crippen LogP contribution is 2.29. The molecule has 1 aliphatic rings. The van der Waals surface area contributed by atoms with Gasteiger partial charge >= 0.3 is 0 Å². The molecule has 6 heteroatoms. The van der Waals surface area contributed by atoms with E-state index in [1.54, 1.807) is 48.5 Å². The summed E-state index contributed by atoms with van der Waals surface area (Å²) in [5.41, 5.74) is 6.01. The minimum atomic E-state index is -0.221. The Bertz CT molecular complexity index is 1170. The Morgan fingerprint density at radius 3 is 2.28 bits per heavy atom. The summed E-state index contributed by atoms with van der Waals surface area (Å²) in [4.78, 5) is 24.9. The van der Waals surface area contributed by atoms with E-state index in [9.17, 15) is 9.59 Å². The van der Waals surface area contributed by atoms with Crippen LogP contribution in [0.3, 0.4) is 0 Å². The highest BCUT2D eigenvalue weighted by Gasteiger charge is 2.18.